The van der Waals surface area contributed by atoms with Crippen molar-refractivity contribution in [3.8, 4) is 5.75 Å². The second kappa shape index (κ2) is 11.6. The number of amides is 1. The fourth-order valence-corrected chi connectivity index (χ4v) is 6.05. The molecule has 4 rings (SSSR count). The van der Waals surface area contributed by atoms with E-state index >= 15 is 0 Å². The van der Waals surface area contributed by atoms with E-state index in [4.69, 9.17) is 4.74 Å². The molecule has 2 N–H and O–H groups in total. The number of hydrogen-bond donors (Lipinski definition) is 2. The fraction of sp³-hybridized carbons (Fsp3) is 0.296. The first kappa shape index (κ1) is 25.1. The van der Waals surface area contributed by atoms with E-state index < -0.39 is 16.1 Å². The molecule has 0 saturated heterocycles. The maximum atomic E-state index is 13.0. The van der Waals surface area contributed by atoms with Gasteiger partial charge in [-0.2, -0.15) is 0 Å². The minimum atomic E-state index is -3.81. The molecule has 1 aliphatic rings. The van der Waals surface area contributed by atoms with Crippen molar-refractivity contribution < 1.29 is 17.9 Å². The molecule has 1 amide bonds. The quantitative estimate of drug-likeness (QED) is 0.377. The van der Waals surface area contributed by atoms with Crippen LogP contribution in [0.15, 0.2) is 93.5 Å². The predicted molar refractivity (Wildman–Crippen MR) is 139 cm³/mol. The van der Waals surface area contributed by atoms with E-state index in [1.165, 1.54) is 30.3 Å². The molecule has 0 bridgehead atoms. The lowest BCUT2D eigenvalue weighted by Crippen LogP contribution is -2.43. The Bertz CT molecular complexity index is 1230. The first-order chi connectivity index (χ1) is 16.9. The Morgan fingerprint density at radius 3 is 2.29 bits per heavy atom. The van der Waals surface area contributed by atoms with Crippen molar-refractivity contribution in [3.05, 3.63) is 78.9 Å². The van der Waals surface area contributed by atoms with Gasteiger partial charge >= 0.3 is 0 Å². The molecule has 1 atom stereocenters. The normalized spacial score (nSPS) is 15.2. The molecule has 0 radical (unpaired) electrons. The summed E-state index contributed by atoms with van der Waals surface area (Å²) >= 11 is 1.49. The van der Waals surface area contributed by atoms with Crippen LogP contribution in [0.2, 0.25) is 0 Å². The first-order valence-corrected chi connectivity index (χ1v) is 14.1. The maximum Gasteiger partial charge on any atom is 0.261 e. The van der Waals surface area contributed by atoms with Crippen LogP contribution >= 0.6 is 11.8 Å². The molecule has 35 heavy (non-hydrogen) atoms. The van der Waals surface area contributed by atoms with Gasteiger partial charge in [-0.3, -0.25) is 9.52 Å². The van der Waals surface area contributed by atoms with Gasteiger partial charge in [-0.1, -0.05) is 61.4 Å². The molecular formula is C27H30N2O4S2. The van der Waals surface area contributed by atoms with Crippen LogP contribution in [0.25, 0.3) is 0 Å². The number of ether oxygens (including phenoxy) is 1. The molecular weight excluding hydrogens is 480 g/mol. The summed E-state index contributed by atoms with van der Waals surface area (Å²) in [7, 11) is -3.81. The van der Waals surface area contributed by atoms with Crippen molar-refractivity contribution in [1.82, 2.24) is 5.32 Å². The number of benzene rings is 3. The van der Waals surface area contributed by atoms with Crippen molar-refractivity contribution in [3.63, 3.8) is 0 Å². The highest BCUT2D eigenvalue weighted by Gasteiger charge is 2.21. The van der Waals surface area contributed by atoms with Gasteiger partial charge in [-0.05, 0) is 68.3 Å². The van der Waals surface area contributed by atoms with Gasteiger partial charge in [0.25, 0.3) is 15.9 Å². The zero-order valence-electron chi connectivity index (χ0n) is 19.6. The van der Waals surface area contributed by atoms with E-state index in [9.17, 15) is 13.2 Å². The summed E-state index contributed by atoms with van der Waals surface area (Å²) < 4.78 is 34.5. The van der Waals surface area contributed by atoms with Crippen molar-refractivity contribution in [1.29, 1.82) is 0 Å². The molecule has 1 saturated carbocycles. The van der Waals surface area contributed by atoms with Gasteiger partial charge in [0.2, 0.25) is 0 Å². The topological polar surface area (TPSA) is 84.5 Å². The van der Waals surface area contributed by atoms with E-state index in [0.717, 1.165) is 35.5 Å². The highest BCUT2D eigenvalue weighted by atomic mass is 32.2. The highest BCUT2D eigenvalue weighted by molar-refractivity contribution is 7.99. The zero-order chi connectivity index (χ0) is 24.7. The van der Waals surface area contributed by atoms with Crippen molar-refractivity contribution >= 4 is 33.4 Å². The van der Waals surface area contributed by atoms with E-state index in [2.05, 4.69) is 10.0 Å². The molecule has 0 spiro atoms. The number of sulfonamides is 1. The lowest BCUT2D eigenvalue weighted by molar-refractivity contribution is -0.128. The third-order valence-corrected chi connectivity index (χ3v) is 8.34. The summed E-state index contributed by atoms with van der Waals surface area (Å²) in [5.41, 5.74) is 0.509. The Hall–Kier alpha value is -2.97. The van der Waals surface area contributed by atoms with Crippen LogP contribution in [0.1, 0.15) is 39.0 Å². The Labute approximate surface area is 211 Å². The molecule has 1 aliphatic carbocycles. The molecule has 0 aliphatic heterocycles. The Balaban J connectivity index is 1.39. The van der Waals surface area contributed by atoms with E-state index in [0.29, 0.717) is 11.4 Å². The van der Waals surface area contributed by atoms with Crippen LogP contribution in [0.5, 0.6) is 5.75 Å². The van der Waals surface area contributed by atoms with Crippen molar-refractivity contribution in [2.75, 3.05) is 4.72 Å². The van der Waals surface area contributed by atoms with Crippen molar-refractivity contribution in [2.45, 2.75) is 65.9 Å². The van der Waals surface area contributed by atoms with Gasteiger partial charge in [-0.15, -0.1) is 0 Å². The van der Waals surface area contributed by atoms with E-state index in [1.54, 1.807) is 31.2 Å². The minimum Gasteiger partial charge on any atom is -0.481 e. The minimum absolute atomic E-state index is 0.115. The Morgan fingerprint density at radius 1 is 0.914 bits per heavy atom. The number of para-hydroxylation sites is 1. The maximum absolute atomic E-state index is 13.0. The summed E-state index contributed by atoms with van der Waals surface area (Å²) in [4.78, 5) is 14.4. The smallest absolute Gasteiger partial charge is 0.261 e. The second-order valence-electron chi connectivity index (χ2n) is 8.59. The van der Waals surface area contributed by atoms with Crippen LogP contribution in [0.3, 0.4) is 0 Å². The SMILES string of the molecule is C[C@H](Oc1ccc(S(=O)(=O)Nc2ccccc2Sc2ccccc2)cc1)C(=O)NC1CCCCC1. The monoisotopic (exact) mass is 510 g/mol. The zero-order valence-corrected chi connectivity index (χ0v) is 21.3. The van der Waals surface area contributed by atoms with Crippen LogP contribution in [0, 0.1) is 0 Å². The average molecular weight is 511 g/mol. The predicted octanol–water partition coefficient (Wildman–Crippen LogP) is 5.85. The van der Waals surface area contributed by atoms with Gasteiger partial charge in [0, 0.05) is 15.8 Å². The molecule has 0 unspecified atom stereocenters. The highest BCUT2D eigenvalue weighted by Crippen LogP contribution is 2.34. The standard InChI is InChI=1S/C27H30N2O4S2/c1-20(27(30)28-21-10-4-2-5-11-21)33-22-16-18-24(19-17-22)35(31,32)29-25-14-8-9-15-26(25)34-23-12-6-3-7-13-23/h3,6-9,12-21,29H,2,4-5,10-11H2,1H3,(H,28,30)/t20-/m0/s1. The number of anilines is 1. The molecule has 6 nitrogen and oxygen atoms in total. The Morgan fingerprint density at radius 2 is 1.57 bits per heavy atom. The molecule has 3 aromatic rings. The molecule has 184 valence electrons. The summed E-state index contributed by atoms with van der Waals surface area (Å²) in [6.45, 7) is 1.70. The van der Waals surface area contributed by atoms with Crippen LogP contribution in [-0.4, -0.2) is 26.5 Å². The number of hydrogen-bond acceptors (Lipinski definition) is 5. The number of rotatable bonds is 9. The summed E-state index contributed by atoms with van der Waals surface area (Å²) in [5.74, 6) is 0.290. The molecule has 0 heterocycles. The lowest BCUT2D eigenvalue weighted by Gasteiger charge is -2.24. The summed E-state index contributed by atoms with van der Waals surface area (Å²) in [5, 5.41) is 3.05. The van der Waals surface area contributed by atoms with Crippen LogP contribution in [-0.2, 0) is 14.8 Å². The van der Waals surface area contributed by atoms with Crippen molar-refractivity contribution in [2.24, 2.45) is 0 Å². The van der Waals surface area contributed by atoms with Crippen LogP contribution in [0.4, 0.5) is 5.69 Å². The van der Waals surface area contributed by atoms with Gasteiger partial charge in [-0.25, -0.2) is 8.42 Å². The average Bonchev–Trinajstić information content (AvgIpc) is 2.86. The van der Waals surface area contributed by atoms with E-state index in [-0.39, 0.29) is 16.8 Å². The summed E-state index contributed by atoms with van der Waals surface area (Å²) in [6, 6.07) is 23.4. The molecule has 0 aromatic heterocycles. The molecule has 8 heteroatoms. The third-order valence-electron chi connectivity index (χ3n) is 5.87. The Kier molecular flexibility index (Phi) is 8.36. The molecule has 3 aromatic carbocycles. The fourth-order valence-electron chi connectivity index (χ4n) is 3.98. The van der Waals surface area contributed by atoms with Gasteiger partial charge in [0.05, 0.1) is 10.6 Å². The number of carbonyl (C=O) groups excluding carboxylic acids is 1. The first-order valence-electron chi connectivity index (χ1n) is 11.8. The van der Waals surface area contributed by atoms with E-state index in [1.807, 2.05) is 42.5 Å². The largest absolute Gasteiger partial charge is 0.481 e. The number of carbonyl (C=O) groups is 1. The summed E-state index contributed by atoms with van der Waals surface area (Å²) in [6.07, 6.45) is 4.84. The van der Waals surface area contributed by atoms with Gasteiger partial charge in [0.15, 0.2) is 6.10 Å². The molecule has 1 fully saturated rings. The lowest BCUT2D eigenvalue weighted by atomic mass is 9.95. The number of nitrogens with one attached hydrogen (secondary N) is 2. The van der Waals surface area contributed by atoms with Crippen LogP contribution < -0.4 is 14.8 Å². The third kappa shape index (κ3) is 7.02. The van der Waals surface area contributed by atoms with Gasteiger partial charge < -0.3 is 10.1 Å². The second-order valence-corrected chi connectivity index (χ2v) is 11.4. The van der Waals surface area contributed by atoms with Gasteiger partial charge in [0.1, 0.15) is 5.75 Å².